The minimum atomic E-state index is -0.403. The first-order valence-electron chi connectivity index (χ1n) is 5.81. The lowest BCUT2D eigenvalue weighted by atomic mass is 9.74. The van der Waals surface area contributed by atoms with Crippen molar-refractivity contribution >= 4 is 0 Å². The maximum atomic E-state index is 9.49. The summed E-state index contributed by atoms with van der Waals surface area (Å²) in [6.07, 6.45) is 1.68. The van der Waals surface area contributed by atoms with E-state index in [1.807, 2.05) is 18.2 Å². The van der Waals surface area contributed by atoms with E-state index in [0.717, 1.165) is 31.5 Å². The largest absolute Gasteiger partial charge is 0.306 e. The van der Waals surface area contributed by atoms with Gasteiger partial charge in [-0.15, -0.1) is 0 Å². The van der Waals surface area contributed by atoms with Crippen LogP contribution in [0.4, 0.5) is 0 Å². The van der Waals surface area contributed by atoms with Crippen molar-refractivity contribution < 1.29 is 0 Å². The van der Waals surface area contributed by atoms with E-state index in [-0.39, 0.29) is 0 Å². The zero-order valence-electron chi connectivity index (χ0n) is 9.98. The molecule has 0 spiro atoms. The first kappa shape index (κ1) is 11.6. The number of piperidine rings is 1. The van der Waals surface area contributed by atoms with Gasteiger partial charge in [-0.25, -0.2) is 0 Å². The van der Waals surface area contributed by atoms with Crippen LogP contribution in [0.2, 0.25) is 0 Å². The van der Waals surface area contributed by atoms with Gasteiger partial charge in [-0.1, -0.05) is 12.1 Å². The first-order chi connectivity index (χ1) is 8.20. The maximum absolute atomic E-state index is 9.49. The zero-order chi connectivity index (χ0) is 12.3. The van der Waals surface area contributed by atoms with E-state index < -0.39 is 5.41 Å². The monoisotopic (exact) mass is 225 g/mol. The van der Waals surface area contributed by atoms with Crippen molar-refractivity contribution in [3.8, 4) is 12.1 Å². The van der Waals surface area contributed by atoms with Gasteiger partial charge < -0.3 is 4.90 Å². The van der Waals surface area contributed by atoms with E-state index in [9.17, 15) is 5.26 Å². The Balaban J connectivity index is 2.36. The summed E-state index contributed by atoms with van der Waals surface area (Å²) in [5.74, 6) is 0. The first-order valence-corrected chi connectivity index (χ1v) is 5.81. The fourth-order valence-corrected chi connectivity index (χ4v) is 2.35. The molecule has 0 atom stereocenters. The average Bonchev–Trinajstić information content (AvgIpc) is 2.40. The normalized spacial score (nSPS) is 19.2. The minimum absolute atomic E-state index is 0.403. The highest BCUT2D eigenvalue weighted by Crippen LogP contribution is 2.34. The molecule has 1 aromatic carbocycles. The Morgan fingerprint density at radius 3 is 2.53 bits per heavy atom. The molecule has 0 aliphatic carbocycles. The standard InChI is InChI=1S/C14H15N3/c1-17-7-5-14(11-16,6-8-17)13-4-2-3-12(9-13)10-15/h2-4,9H,5-8H2,1H3. The van der Waals surface area contributed by atoms with Crippen LogP contribution in [0.1, 0.15) is 24.0 Å². The summed E-state index contributed by atoms with van der Waals surface area (Å²) in [5.41, 5.74) is 1.22. The van der Waals surface area contributed by atoms with Crippen molar-refractivity contribution in [3.05, 3.63) is 35.4 Å². The van der Waals surface area contributed by atoms with Gasteiger partial charge in [0.05, 0.1) is 23.1 Å². The Labute approximate surface area is 102 Å². The molecule has 0 bridgehead atoms. The summed E-state index contributed by atoms with van der Waals surface area (Å²) >= 11 is 0. The molecule has 3 nitrogen and oxygen atoms in total. The van der Waals surface area contributed by atoms with Crippen LogP contribution in [0.15, 0.2) is 24.3 Å². The van der Waals surface area contributed by atoms with Crippen LogP contribution >= 0.6 is 0 Å². The highest BCUT2D eigenvalue weighted by Gasteiger charge is 2.35. The van der Waals surface area contributed by atoms with Gasteiger partial charge in [-0.2, -0.15) is 10.5 Å². The fourth-order valence-electron chi connectivity index (χ4n) is 2.35. The third-order valence-electron chi connectivity index (χ3n) is 3.60. The molecule has 1 fully saturated rings. The molecule has 1 saturated heterocycles. The van der Waals surface area contributed by atoms with E-state index >= 15 is 0 Å². The van der Waals surface area contributed by atoms with Gasteiger partial charge >= 0.3 is 0 Å². The third kappa shape index (κ3) is 2.16. The molecule has 0 unspecified atom stereocenters. The number of hydrogen-bond acceptors (Lipinski definition) is 3. The van der Waals surface area contributed by atoms with Gasteiger partial charge in [0, 0.05) is 0 Å². The highest BCUT2D eigenvalue weighted by atomic mass is 15.1. The molecule has 1 heterocycles. The lowest BCUT2D eigenvalue weighted by molar-refractivity contribution is 0.222. The van der Waals surface area contributed by atoms with Gasteiger partial charge in [-0.3, -0.25) is 0 Å². The van der Waals surface area contributed by atoms with Crippen LogP contribution < -0.4 is 0 Å². The predicted molar refractivity (Wildman–Crippen MR) is 65.2 cm³/mol. The van der Waals surface area contributed by atoms with Crippen LogP contribution in [0.3, 0.4) is 0 Å². The molecule has 1 aliphatic heterocycles. The number of likely N-dealkylation sites (tertiary alicyclic amines) is 1. The van der Waals surface area contributed by atoms with Crippen LogP contribution in [-0.2, 0) is 5.41 Å². The summed E-state index contributed by atoms with van der Waals surface area (Å²) in [4.78, 5) is 2.24. The van der Waals surface area contributed by atoms with Crippen molar-refractivity contribution in [1.29, 1.82) is 10.5 Å². The maximum Gasteiger partial charge on any atom is 0.0991 e. The van der Waals surface area contributed by atoms with E-state index in [2.05, 4.69) is 24.1 Å². The minimum Gasteiger partial charge on any atom is -0.306 e. The van der Waals surface area contributed by atoms with Crippen molar-refractivity contribution in [2.24, 2.45) is 0 Å². The van der Waals surface area contributed by atoms with Crippen LogP contribution in [0.5, 0.6) is 0 Å². The average molecular weight is 225 g/mol. The molecule has 86 valence electrons. The Morgan fingerprint density at radius 1 is 1.24 bits per heavy atom. The summed E-state index contributed by atoms with van der Waals surface area (Å²) in [6.45, 7) is 1.87. The Hall–Kier alpha value is -1.84. The molecule has 0 amide bonds. The second kappa shape index (κ2) is 4.57. The quantitative estimate of drug-likeness (QED) is 0.735. The second-order valence-corrected chi connectivity index (χ2v) is 4.69. The summed E-state index contributed by atoms with van der Waals surface area (Å²) in [6, 6.07) is 12.1. The Bertz CT molecular complexity index is 485. The van der Waals surface area contributed by atoms with E-state index in [4.69, 9.17) is 5.26 Å². The molecule has 17 heavy (non-hydrogen) atoms. The van der Waals surface area contributed by atoms with Crippen LogP contribution in [0.25, 0.3) is 0 Å². The second-order valence-electron chi connectivity index (χ2n) is 4.69. The van der Waals surface area contributed by atoms with Crippen molar-refractivity contribution in [2.45, 2.75) is 18.3 Å². The number of benzene rings is 1. The number of hydrogen-bond donors (Lipinski definition) is 0. The predicted octanol–water partition coefficient (Wildman–Crippen LogP) is 2.05. The molecule has 1 aromatic rings. The van der Waals surface area contributed by atoms with Crippen molar-refractivity contribution in [1.82, 2.24) is 4.90 Å². The summed E-state index contributed by atoms with van der Waals surface area (Å²) in [5, 5.41) is 18.4. The topological polar surface area (TPSA) is 50.8 Å². The SMILES string of the molecule is CN1CCC(C#N)(c2cccc(C#N)c2)CC1. The molecule has 3 heteroatoms. The smallest absolute Gasteiger partial charge is 0.0991 e. The number of nitriles is 2. The van der Waals surface area contributed by atoms with Crippen molar-refractivity contribution in [3.63, 3.8) is 0 Å². The Kier molecular flexibility index (Phi) is 3.13. The van der Waals surface area contributed by atoms with Crippen LogP contribution in [0, 0.1) is 22.7 Å². The molecule has 1 aliphatic rings. The molecular weight excluding hydrogens is 210 g/mol. The van der Waals surface area contributed by atoms with Gasteiger partial charge in [0.2, 0.25) is 0 Å². The van der Waals surface area contributed by atoms with Gasteiger partial charge in [0.1, 0.15) is 0 Å². The zero-order valence-corrected chi connectivity index (χ0v) is 9.98. The highest BCUT2D eigenvalue weighted by molar-refractivity contribution is 5.40. The number of rotatable bonds is 1. The lowest BCUT2D eigenvalue weighted by Gasteiger charge is -2.35. The molecule has 0 aromatic heterocycles. The summed E-state index contributed by atoms with van der Waals surface area (Å²) < 4.78 is 0. The van der Waals surface area contributed by atoms with Gasteiger partial charge in [0.15, 0.2) is 0 Å². The molecule has 0 N–H and O–H groups in total. The molecule has 2 rings (SSSR count). The lowest BCUT2D eigenvalue weighted by Crippen LogP contribution is -2.39. The fraction of sp³-hybridized carbons (Fsp3) is 0.429. The third-order valence-corrected chi connectivity index (χ3v) is 3.60. The molecule has 0 radical (unpaired) electrons. The van der Waals surface area contributed by atoms with Crippen molar-refractivity contribution in [2.75, 3.05) is 20.1 Å². The van der Waals surface area contributed by atoms with E-state index in [0.29, 0.717) is 5.56 Å². The summed E-state index contributed by atoms with van der Waals surface area (Å²) in [7, 11) is 2.08. The molecule has 0 saturated carbocycles. The van der Waals surface area contributed by atoms with Gasteiger partial charge in [0.25, 0.3) is 0 Å². The molecular formula is C14H15N3. The van der Waals surface area contributed by atoms with E-state index in [1.165, 1.54) is 0 Å². The van der Waals surface area contributed by atoms with Crippen LogP contribution in [-0.4, -0.2) is 25.0 Å². The van der Waals surface area contributed by atoms with E-state index in [1.54, 1.807) is 6.07 Å². The Morgan fingerprint density at radius 2 is 1.94 bits per heavy atom. The van der Waals surface area contributed by atoms with Gasteiger partial charge in [-0.05, 0) is 50.7 Å². The number of nitrogens with zero attached hydrogens (tertiary/aromatic N) is 3.